The van der Waals surface area contributed by atoms with Gasteiger partial charge >= 0.3 is 0 Å². The second kappa shape index (κ2) is 9.74. The van der Waals surface area contributed by atoms with E-state index < -0.39 is 0 Å². The van der Waals surface area contributed by atoms with E-state index in [2.05, 4.69) is 15.5 Å². The summed E-state index contributed by atoms with van der Waals surface area (Å²) < 4.78 is 17.1. The van der Waals surface area contributed by atoms with E-state index in [1.54, 1.807) is 13.3 Å². The zero-order valence-corrected chi connectivity index (χ0v) is 18.6. The first kappa shape index (κ1) is 21.7. The Balaban J connectivity index is 1.51. The van der Waals surface area contributed by atoms with Crippen LogP contribution in [0.4, 0.5) is 5.69 Å². The predicted octanol–water partition coefficient (Wildman–Crippen LogP) is 3.22. The number of ether oxygens (including phenoxy) is 3. The van der Waals surface area contributed by atoms with Gasteiger partial charge in [0.25, 0.3) is 0 Å². The predicted molar refractivity (Wildman–Crippen MR) is 122 cm³/mol. The summed E-state index contributed by atoms with van der Waals surface area (Å²) in [6.07, 6.45) is 4.16. The van der Waals surface area contributed by atoms with Gasteiger partial charge in [-0.3, -0.25) is 9.89 Å². The molecular formula is C24H28N4O4. The zero-order chi connectivity index (χ0) is 22.5. The number of hydrogen-bond donors (Lipinski definition) is 2. The Bertz CT molecular complexity index is 1070. The SMILES string of the molecule is COc1ccc2c(c1)C[C@H](C(=O)Nc1ccc(-c3cn[nH]c3)cc1OCCN(C)C)CO2. The van der Waals surface area contributed by atoms with E-state index in [0.29, 0.717) is 31.1 Å². The highest BCUT2D eigenvalue weighted by molar-refractivity contribution is 5.95. The maximum atomic E-state index is 13.1. The van der Waals surface area contributed by atoms with Crippen molar-refractivity contribution < 1.29 is 19.0 Å². The first-order chi connectivity index (χ1) is 15.5. The Hall–Kier alpha value is -3.52. The molecule has 0 fully saturated rings. The molecule has 1 aromatic heterocycles. The van der Waals surface area contributed by atoms with Crippen molar-refractivity contribution in [3.63, 3.8) is 0 Å². The molecule has 0 bridgehead atoms. The van der Waals surface area contributed by atoms with Gasteiger partial charge in [0.05, 0.1) is 24.9 Å². The number of benzene rings is 2. The lowest BCUT2D eigenvalue weighted by Gasteiger charge is -2.25. The van der Waals surface area contributed by atoms with Crippen LogP contribution < -0.4 is 19.5 Å². The van der Waals surface area contributed by atoms with Crippen LogP contribution in [-0.2, 0) is 11.2 Å². The Kier molecular flexibility index (Phi) is 6.61. The summed E-state index contributed by atoms with van der Waals surface area (Å²) in [7, 11) is 5.61. The number of methoxy groups -OCH3 is 1. The number of likely N-dealkylation sites (N-methyl/N-ethyl adjacent to an activating group) is 1. The minimum absolute atomic E-state index is 0.105. The molecule has 168 valence electrons. The van der Waals surface area contributed by atoms with Crippen molar-refractivity contribution in [3.8, 4) is 28.4 Å². The maximum Gasteiger partial charge on any atom is 0.231 e. The average molecular weight is 437 g/mol. The highest BCUT2D eigenvalue weighted by atomic mass is 16.5. The fourth-order valence-electron chi connectivity index (χ4n) is 3.57. The standard InChI is InChI=1S/C24H28N4O4/c1-28(2)8-9-31-23-12-16(19-13-25-26-14-19)4-6-21(23)27-24(29)18-10-17-11-20(30-3)5-7-22(17)32-15-18/h4-7,11-14,18H,8-10,15H2,1-3H3,(H,25,26)(H,27,29)/t18-/m0/s1. The van der Waals surface area contributed by atoms with E-state index >= 15 is 0 Å². The lowest BCUT2D eigenvalue weighted by molar-refractivity contribution is -0.121. The molecular weight excluding hydrogens is 408 g/mol. The summed E-state index contributed by atoms with van der Waals surface area (Å²) in [5.74, 6) is 1.76. The van der Waals surface area contributed by atoms with E-state index in [1.165, 1.54) is 0 Å². The van der Waals surface area contributed by atoms with E-state index in [-0.39, 0.29) is 11.8 Å². The first-order valence-electron chi connectivity index (χ1n) is 10.5. The van der Waals surface area contributed by atoms with E-state index in [4.69, 9.17) is 14.2 Å². The third-order valence-electron chi connectivity index (χ3n) is 5.41. The third kappa shape index (κ3) is 5.03. The molecule has 2 aromatic carbocycles. The van der Waals surface area contributed by atoms with Crippen molar-refractivity contribution in [1.29, 1.82) is 0 Å². The molecule has 8 heteroatoms. The van der Waals surface area contributed by atoms with Crippen LogP contribution in [0.25, 0.3) is 11.1 Å². The number of carbonyl (C=O) groups excluding carboxylic acids is 1. The molecule has 0 saturated carbocycles. The van der Waals surface area contributed by atoms with Crippen LogP contribution >= 0.6 is 0 Å². The van der Waals surface area contributed by atoms with Crippen LogP contribution in [0.15, 0.2) is 48.8 Å². The summed E-state index contributed by atoms with van der Waals surface area (Å²) >= 11 is 0. The summed E-state index contributed by atoms with van der Waals surface area (Å²) in [6.45, 7) is 1.60. The number of carbonyl (C=O) groups is 1. The molecule has 3 aromatic rings. The second-order valence-electron chi connectivity index (χ2n) is 8.02. The summed E-state index contributed by atoms with van der Waals surface area (Å²) in [5.41, 5.74) is 3.51. The van der Waals surface area contributed by atoms with E-state index in [1.807, 2.05) is 61.6 Å². The lowest BCUT2D eigenvalue weighted by Crippen LogP contribution is -2.32. The van der Waals surface area contributed by atoms with Crippen LogP contribution in [0.2, 0.25) is 0 Å². The fraction of sp³-hybridized carbons (Fsp3) is 0.333. The Morgan fingerprint density at radius 3 is 2.88 bits per heavy atom. The molecule has 2 N–H and O–H groups in total. The van der Waals surface area contributed by atoms with Crippen LogP contribution in [0.5, 0.6) is 17.2 Å². The van der Waals surface area contributed by atoms with Gasteiger partial charge in [-0.25, -0.2) is 0 Å². The number of aromatic amines is 1. The monoisotopic (exact) mass is 436 g/mol. The Labute approximate surface area is 187 Å². The van der Waals surface area contributed by atoms with Gasteiger partial charge < -0.3 is 24.4 Å². The molecule has 1 amide bonds. The zero-order valence-electron chi connectivity index (χ0n) is 18.6. The van der Waals surface area contributed by atoms with Crippen molar-refractivity contribution in [2.45, 2.75) is 6.42 Å². The second-order valence-corrected chi connectivity index (χ2v) is 8.02. The van der Waals surface area contributed by atoms with Gasteiger partial charge in [0, 0.05) is 18.3 Å². The average Bonchev–Trinajstić information content (AvgIpc) is 3.34. The van der Waals surface area contributed by atoms with E-state index in [0.717, 1.165) is 34.7 Å². The van der Waals surface area contributed by atoms with Gasteiger partial charge in [0.2, 0.25) is 5.91 Å². The van der Waals surface area contributed by atoms with Gasteiger partial charge in [-0.05, 0) is 62.0 Å². The molecule has 2 heterocycles. The minimum Gasteiger partial charge on any atom is -0.497 e. The molecule has 0 spiro atoms. The molecule has 0 radical (unpaired) electrons. The van der Waals surface area contributed by atoms with E-state index in [9.17, 15) is 4.79 Å². The fourth-order valence-corrected chi connectivity index (χ4v) is 3.57. The summed E-state index contributed by atoms with van der Waals surface area (Å²) in [4.78, 5) is 15.1. The number of nitrogens with zero attached hydrogens (tertiary/aromatic N) is 2. The van der Waals surface area contributed by atoms with Crippen LogP contribution in [-0.4, -0.2) is 62.0 Å². The van der Waals surface area contributed by atoms with Gasteiger partial charge in [0.1, 0.15) is 30.5 Å². The van der Waals surface area contributed by atoms with Gasteiger partial charge in [0.15, 0.2) is 0 Å². The Morgan fingerprint density at radius 1 is 1.25 bits per heavy atom. The number of H-pyrrole nitrogens is 1. The van der Waals surface area contributed by atoms with Crippen molar-refractivity contribution in [3.05, 3.63) is 54.4 Å². The molecule has 4 rings (SSSR count). The summed E-state index contributed by atoms with van der Waals surface area (Å²) in [5, 5.41) is 9.87. The molecule has 32 heavy (non-hydrogen) atoms. The molecule has 0 aliphatic carbocycles. The summed E-state index contributed by atoms with van der Waals surface area (Å²) in [6, 6.07) is 11.4. The van der Waals surface area contributed by atoms with Crippen LogP contribution in [0, 0.1) is 5.92 Å². The van der Waals surface area contributed by atoms with Gasteiger partial charge in [-0.1, -0.05) is 6.07 Å². The molecule has 0 unspecified atom stereocenters. The van der Waals surface area contributed by atoms with Gasteiger partial charge in [-0.2, -0.15) is 5.10 Å². The third-order valence-corrected chi connectivity index (χ3v) is 5.41. The van der Waals surface area contributed by atoms with Crippen molar-refractivity contribution >= 4 is 11.6 Å². The number of hydrogen-bond acceptors (Lipinski definition) is 6. The Morgan fingerprint density at radius 2 is 2.12 bits per heavy atom. The van der Waals surface area contributed by atoms with Crippen molar-refractivity contribution in [2.75, 3.05) is 46.3 Å². The minimum atomic E-state index is -0.308. The number of nitrogens with one attached hydrogen (secondary N) is 2. The van der Waals surface area contributed by atoms with Crippen LogP contribution in [0.3, 0.4) is 0 Å². The molecule has 1 atom stereocenters. The molecule has 1 aliphatic rings. The van der Waals surface area contributed by atoms with Crippen molar-refractivity contribution in [1.82, 2.24) is 15.1 Å². The molecule has 1 aliphatic heterocycles. The topological polar surface area (TPSA) is 88.7 Å². The lowest BCUT2D eigenvalue weighted by atomic mass is 9.95. The smallest absolute Gasteiger partial charge is 0.231 e. The number of fused-ring (bicyclic) bond motifs is 1. The number of rotatable bonds is 8. The normalized spacial score (nSPS) is 15.1. The first-order valence-corrected chi connectivity index (χ1v) is 10.5. The number of anilines is 1. The highest BCUT2D eigenvalue weighted by Crippen LogP contribution is 2.33. The maximum absolute atomic E-state index is 13.1. The largest absolute Gasteiger partial charge is 0.497 e. The van der Waals surface area contributed by atoms with Crippen LogP contribution in [0.1, 0.15) is 5.56 Å². The molecule has 0 saturated heterocycles. The number of aromatic nitrogens is 2. The highest BCUT2D eigenvalue weighted by Gasteiger charge is 2.27. The molecule has 8 nitrogen and oxygen atoms in total. The van der Waals surface area contributed by atoms with Crippen molar-refractivity contribution in [2.24, 2.45) is 5.92 Å². The van der Waals surface area contributed by atoms with Gasteiger partial charge in [-0.15, -0.1) is 0 Å². The number of amides is 1. The quantitative estimate of drug-likeness (QED) is 0.564.